The summed E-state index contributed by atoms with van der Waals surface area (Å²) in [5, 5.41) is 20.5. The van der Waals surface area contributed by atoms with Crippen LogP contribution >= 0.6 is 11.3 Å². The molecule has 0 saturated carbocycles. The number of rotatable bonds is 16. The van der Waals surface area contributed by atoms with Crippen LogP contribution in [0.15, 0.2) is 58.3 Å². The molecule has 1 aliphatic rings. The number of hydroxylamine groups is 2. The smallest absolute Gasteiger partial charge is 0.418 e. The molecule has 0 radical (unpaired) electrons. The maximum Gasteiger partial charge on any atom is 0.418 e. The number of nitrogens with two attached hydrogens (primary N) is 2. The quantitative estimate of drug-likeness (QED) is 0.0271. The highest BCUT2D eigenvalue weighted by Gasteiger charge is 2.58. The zero-order valence-corrected chi connectivity index (χ0v) is 26.8. The Hall–Kier alpha value is -5.45. The molecule has 3 aromatic rings. The van der Waals surface area contributed by atoms with Gasteiger partial charge in [0.2, 0.25) is 5.95 Å². The maximum atomic E-state index is 13.2. The van der Waals surface area contributed by atoms with E-state index in [4.69, 9.17) is 25.6 Å². The molecule has 2 atom stereocenters. The van der Waals surface area contributed by atoms with Gasteiger partial charge in [0.25, 0.3) is 17.9 Å². The first kappa shape index (κ1) is 35.4. The monoisotopic (exact) mass is 706 g/mol. The number of nitrogen functional groups attached to an aromatic ring is 1. The second-order valence-electron chi connectivity index (χ2n) is 10.2. The van der Waals surface area contributed by atoms with Crippen molar-refractivity contribution in [2.75, 3.05) is 30.7 Å². The predicted molar refractivity (Wildman–Crippen MR) is 169 cm³/mol. The molecule has 8 N–H and O–H groups in total. The number of thiazole rings is 1. The molecule has 1 aliphatic heterocycles. The number of nitrogens with one attached hydrogen (secondary N) is 2. The van der Waals surface area contributed by atoms with Gasteiger partial charge in [-0.25, -0.2) is 19.7 Å². The van der Waals surface area contributed by atoms with Crippen molar-refractivity contribution in [3.63, 3.8) is 0 Å². The number of amidine groups is 1. The topological polar surface area (TPSA) is 296 Å². The Morgan fingerprint density at radius 2 is 1.90 bits per heavy atom. The van der Waals surface area contributed by atoms with Gasteiger partial charge >= 0.3 is 16.4 Å². The van der Waals surface area contributed by atoms with Gasteiger partial charge in [-0.1, -0.05) is 5.16 Å². The number of anilines is 2. The Kier molecular flexibility index (Phi) is 11.0. The molecule has 1 fully saturated rings. The fourth-order valence-electron chi connectivity index (χ4n) is 4.00. The zero-order valence-electron chi connectivity index (χ0n) is 25.2. The molecule has 2 aromatic heterocycles. The highest BCUT2D eigenvalue weighted by molar-refractivity contribution is 7.80. The van der Waals surface area contributed by atoms with Crippen LogP contribution < -0.4 is 26.8 Å². The highest BCUT2D eigenvalue weighted by atomic mass is 32.3. The van der Waals surface area contributed by atoms with E-state index < -0.39 is 58.2 Å². The van der Waals surface area contributed by atoms with Gasteiger partial charge in [-0.3, -0.25) is 19.1 Å². The number of benzene rings is 1. The lowest BCUT2D eigenvalue weighted by Gasteiger charge is -2.50. The van der Waals surface area contributed by atoms with E-state index in [-0.39, 0.29) is 22.4 Å². The molecule has 1 aromatic carbocycles. The number of aromatic nitrogens is 3. The number of hydrogen-bond donors (Lipinski definition) is 6. The van der Waals surface area contributed by atoms with Gasteiger partial charge in [0.05, 0.1) is 12.1 Å². The average Bonchev–Trinajstić information content (AvgIpc) is 3.47. The summed E-state index contributed by atoms with van der Waals surface area (Å²) in [7, 11) is -5.03. The molecule has 2 amide bonds. The first-order valence-electron chi connectivity index (χ1n) is 13.7. The van der Waals surface area contributed by atoms with Crippen molar-refractivity contribution in [2.45, 2.75) is 31.5 Å². The number of aliphatic carboxylic acids is 1. The number of β-lactam (4-membered cyclic amide) rings is 1. The van der Waals surface area contributed by atoms with Crippen LogP contribution in [0.2, 0.25) is 0 Å². The Labute approximate surface area is 276 Å². The number of carbonyl (C=O) groups excluding carboxylic acids is 2. The third-order valence-corrected chi connectivity index (χ3v) is 7.45. The Bertz CT molecular complexity index is 1800. The van der Waals surface area contributed by atoms with Gasteiger partial charge < -0.3 is 36.8 Å². The zero-order chi connectivity index (χ0) is 35.1. The number of ether oxygens (including phenoxy) is 1. The van der Waals surface area contributed by atoms with E-state index in [1.807, 2.05) is 0 Å². The summed E-state index contributed by atoms with van der Waals surface area (Å²) >= 11 is 0.946. The lowest BCUT2D eigenvalue weighted by Crippen LogP contribution is -2.76. The lowest BCUT2D eigenvalue weighted by atomic mass is 9.84. The maximum absolute atomic E-state index is 13.2. The fraction of sp³-hybridized carbons (Fsp3) is 0.308. The van der Waals surface area contributed by atoms with Crippen LogP contribution in [0.4, 0.5) is 11.1 Å². The van der Waals surface area contributed by atoms with Crippen LogP contribution in [0.25, 0.3) is 0 Å². The summed E-state index contributed by atoms with van der Waals surface area (Å²) in [6.45, 7) is 2.96. The van der Waals surface area contributed by atoms with Crippen LogP contribution in [0.3, 0.4) is 0 Å². The largest absolute Gasteiger partial charge is 0.489 e. The van der Waals surface area contributed by atoms with E-state index in [9.17, 15) is 27.9 Å². The molecule has 0 spiro atoms. The molecular formula is C26H30N10O10S2. The number of carbonyl (C=O) groups is 3. The minimum atomic E-state index is -5.03. The fourth-order valence-corrected chi connectivity index (χ4v) is 5.00. The van der Waals surface area contributed by atoms with Gasteiger partial charge in [-0.15, -0.1) is 15.6 Å². The second-order valence-corrected chi connectivity index (χ2v) is 12.1. The minimum absolute atomic E-state index is 0.0453. The SMILES string of the molecule is CC1(C)[C@H](NC(=O)/C(=N\O[C@H](COc2ccc(C(N)=NCCNc3ncccn3)cc2)C(=O)O)c2csc(N)n2)C(=O)N1OS(=O)(=O)O. The number of hydrogen-bond acceptors (Lipinski definition) is 16. The van der Waals surface area contributed by atoms with Crippen LogP contribution in [-0.4, -0.2) is 105 Å². The summed E-state index contributed by atoms with van der Waals surface area (Å²) in [5.41, 5.74) is 10.2. The van der Waals surface area contributed by atoms with E-state index in [1.165, 1.54) is 19.2 Å². The molecule has 256 valence electrons. The standard InChI is InChI=1S/C26H30N10O10S2/c1-26(2)19(22(38)36(26)46-48(41,42)43)34-21(37)18(16-13-47-24(28)33-16)35-45-17(23(39)40)12-44-15-6-4-14(5-7-15)20(27)29-10-11-32-25-30-8-3-9-31-25/h3-9,13,17,19H,10-12H2,1-2H3,(H2,27,29)(H2,28,33)(H,34,37)(H,39,40)(H,30,31,32)(H,41,42,43)/b35-18-/t17-,19-/m1/s1. The van der Waals surface area contributed by atoms with Crippen molar-refractivity contribution < 1.29 is 46.3 Å². The summed E-state index contributed by atoms with van der Waals surface area (Å²) in [6.07, 6.45) is 1.50. The normalized spacial score (nSPS) is 16.9. The molecule has 48 heavy (non-hydrogen) atoms. The molecule has 4 rings (SSSR count). The highest BCUT2D eigenvalue weighted by Crippen LogP contribution is 2.33. The Morgan fingerprint density at radius 1 is 1.21 bits per heavy atom. The van der Waals surface area contributed by atoms with Gasteiger partial charge in [0.15, 0.2) is 10.8 Å². The van der Waals surface area contributed by atoms with Crippen molar-refractivity contribution in [3.8, 4) is 5.75 Å². The second kappa shape index (κ2) is 15.0. The van der Waals surface area contributed by atoms with Crippen LogP contribution in [0, 0.1) is 0 Å². The van der Waals surface area contributed by atoms with Crippen LogP contribution in [0.5, 0.6) is 5.75 Å². The summed E-state index contributed by atoms with van der Waals surface area (Å²) in [5.74, 6) is -2.53. The van der Waals surface area contributed by atoms with Gasteiger partial charge in [-0.2, -0.15) is 13.5 Å². The van der Waals surface area contributed by atoms with E-state index in [0.29, 0.717) is 29.7 Å². The molecular weight excluding hydrogens is 676 g/mol. The Morgan fingerprint density at radius 3 is 2.48 bits per heavy atom. The minimum Gasteiger partial charge on any atom is -0.489 e. The molecule has 3 heterocycles. The lowest BCUT2D eigenvalue weighted by molar-refractivity contribution is -0.218. The van der Waals surface area contributed by atoms with E-state index in [2.05, 4.69) is 40.0 Å². The molecule has 0 unspecified atom stereocenters. The summed E-state index contributed by atoms with van der Waals surface area (Å²) < 4.78 is 40.9. The summed E-state index contributed by atoms with van der Waals surface area (Å²) in [6, 6.07) is 6.69. The van der Waals surface area contributed by atoms with E-state index in [0.717, 1.165) is 11.3 Å². The van der Waals surface area contributed by atoms with E-state index in [1.54, 1.807) is 42.7 Å². The number of amides is 2. The van der Waals surface area contributed by atoms with Crippen LogP contribution in [-0.2, 0) is 33.9 Å². The average molecular weight is 707 g/mol. The number of oxime groups is 1. The van der Waals surface area contributed by atoms with Crippen molar-refractivity contribution in [1.82, 2.24) is 25.3 Å². The van der Waals surface area contributed by atoms with Gasteiger partial charge in [0.1, 0.15) is 29.9 Å². The van der Waals surface area contributed by atoms with E-state index >= 15 is 0 Å². The first-order valence-corrected chi connectivity index (χ1v) is 15.9. The third kappa shape index (κ3) is 9.09. The van der Waals surface area contributed by atoms with Gasteiger partial charge in [0, 0.05) is 29.9 Å². The number of nitrogens with zero attached hydrogens (tertiary/aromatic N) is 6. The predicted octanol–water partition coefficient (Wildman–Crippen LogP) is -0.574. The summed E-state index contributed by atoms with van der Waals surface area (Å²) in [4.78, 5) is 59.1. The van der Waals surface area contributed by atoms with Crippen molar-refractivity contribution >= 4 is 62.1 Å². The van der Waals surface area contributed by atoms with Crippen molar-refractivity contribution in [1.29, 1.82) is 0 Å². The van der Waals surface area contributed by atoms with Gasteiger partial charge in [-0.05, 0) is 44.2 Å². The molecule has 20 nitrogen and oxygen atoms in total. The number of carboxylic acids is 1. The Balaban J connectivity index is 1.38. The first-order chi connectivity index (χ1) is 22.7. The molecule has 1 saturated heterocycles. The molecule has 22 heteroatoms. The number of carboxylic acid groups (broad SMARTS) is 1. The number of aliphatic imine (C=N–C) groups is 1. The molecule has 0 aliphatic carbocycles. The third-order valence-electron chi connectivity index (χ3n) is 6.44. The molecule has 0 bridgehead atoms. The van der Waals surface area contributed by atoms with Crippen molar-refractivity contribution in [3.05, 3.63) is 59.4 Å². The van der Waals surface area contributed by atoms with Crippen LogP contribution in [0.1, 0.15) is 25.1 Å². The van der Waals surface area contributed by atoms with Crippen molar-refractivity contribution in [2.24, 2.45) is 15.9 Å².